The van der Waals surface area contributed by atoms with Crippen LogP contribution in [-0.4, -0.2) is 50.4 Å². The molecule has 0 atom stereocenters. The second-order valence-electron chi connectivity index (χ2n) is 12.3. The van der Waals surface area contributed by atoms with Gasteiger partial charge in [0.05, 0.1) is 44.5 Å². The number of pyridine rings is 2. The number of hydrogen-bond donors (Lipinski definition) is 2. The lowest BCUT2D eigenvalue weighted by Gasteiger charge is -2.26. The van der Waals surface area contributed by atoms with Gasteiger partial charge in [0, 0.05) is 60.8 Å². The SMILES string of the molecule is C=CCC1(S(=O)(=O)n2cc(Cl)c3c(C(=O)NCc4c(Cl)cc(C)[nH]c4=O)cc(-c4ccc(N5C=CN(CC(C)(F)F)C=C5)nc4)cc32)CC1. The predicted molar refractivity (Wildman–Crippen MR) is 187 cm³/mol. The van der Waals surface area contributed by atoms with Crippen LogP contribution < -0.4 is 15.8 Å². The van der Waals surface area contributed by atoms with E-state index < -0.39 is 38.7 Å². The van der Waals surface area contributed by atoms with E-state index >= 15 is 0 Å². The van der Waals surface area contributed by atoms with E-state index in [2.05, 4.69) is 21.9 Å². The Labute approximate surface area is 291 Å². The Morgan fingerprint density at radius 3 is 2.43 bits per heavy atom. The number of nitrogens with one attached hydrogen (secondary N) is 2. The van der Waals surface area contributed by atoms with E-state index in [9.17, 15) is 26.8 Å². The summed E-state index contributed by atoms with van der Waals surface area (Å²) in [7, 11) is -3.97. The Balaban J connectivity index is 1.39. The zero-order valence-corrected chi connectivity index (χ0v) is 28.8. The summed E-state index contributed by atoms with van der Waals surface area (Å²) >= 11 is 13.0. The molecule has 1 aromatic carbocycles. The van der Waals surface area contributed by atoms with Crippen molar-refractivity contribution in [3.05, 3.63) is 117 Å². The first kappa shape index (κ1) is 34.4. The minimum atomic E-state index is -3.97. The third kappa shape index (κ3) is 6.75. The number of alkyl halides is 2. The zero-order chi connectivity index (χ0) is 35.3. The highest BCUT2D eigenvalue weighted by molar-refractivity contribution is 7.91. The number of aromatic amines is 1. The maximum Gasteiger partial charge on any atom is 0.262 e. The molecule has 0 bridgehead atoms. The van der Waals surface area contributed by atoms with Crippen molar-refractivity contribution in [3.63, 3.8) is 0 Å². The number of halogens is 4. The molecular formula is C34H32Cl2F2N6O4S. The lowest BCUT2D eigenvalue weighted by molar-refractivity contribution is 0.00535. The Hall–Kier alpha value is -4.46. The molecule has 2 aliphatic rings. The second kappa shape index (κ2) is 12.8. The van der Waals surface area contributed by atoms with E-state index in [1.165, 1.54) is 23.5 Å². The molecule has 0 unspecified atom stereocenters. The molecule has 15 heteroatoms. The van der Waals surface area contributed by atoms with Crippen LogP contribution >= 0.6 is 23.2 Å². The Kier molecular flexibility index (Phi) is 8.97. The number of hydrogen-bond acceptors (Lipinski definition) is 7. The maximum absolute atomic E-state index is 14.0. The molecule has 1 aliphatic heterocycles. The van der Waals surface area contributed by atoms with Gasteiger partial charge in [-0.3, -0.25) is 9.59 Å². The van der Waals surface area contributed by atoms with Gasteiger partial charge in [-0.15, -0.1) is 6.58 Å². The van der Waals surface area contributed by atoms with Crippen LogP contribution in [-0.2, 0) is 16.6 Å². The van der Waals surface area contributed by atoms with Crippen molar-refractivity contribution in [1.82, 2.24) is 24.2 Å². The number of benzene rings is 1. The van der Waals surface area contributed by atoms with Crippen LogP contribution in [0.1, 0.15) is 47.8 Å². The van der Waals surface area contributed by atoms with Gasteiger partial charge in [0.15, 0.2) is 0 Å². The van der Waals surface area contributed by atoms with Crippen LogP contribution in [0.4, 0.5) is 14.6 Å². The van der Waals surface area contributed by atoms with E-state index in [-0.39, 0.29) is 45.0 Å². The summed E-state index contributed by atoms with van der Waals surface area (Å²) in [5.41, 5.74) is 1.59. The summed E-state index contributed by atoms with van der Waals surface area (Å²) in [6.45, 7) is 5.60. The van der Waals surface area contributed by atoms with Crippen molar-refractivity contribution in [2.75, 3.05) is 11.4 Å². The zero-order valence-electron chi connectivity index (χ0n) is 26.5. The number of fused-ring (bicyclic) bond motifs is 1. The van der Waals surface area contributed by atoms with Gasteiger partial charge < -0.3 is 20.1 Å². The molecule has 49 heavy (non-hydrogen) atoms. The van der Waals surface area contributed by atoms with Gasteiger partial charge in [0.2, 0.25) is 10.0 Å². The first-order chi connectivity index (χ1) is 23.1. The van der Waals surface area contributed by atoms with E-state index in [0.29, 0.717) is 35.5 Å². The number of H-pyrrole nitrogens is 1. The fraction of sp³-hybridized carbons (Fsp3) is 0.265. The number of aryl methyl sites for hydroxylation is 1. The molecule has 1 aliphatic carbocycles. The average molecular weight is 730 g/mol. The normalized spacial score (nSPS) is 15.6. The average Bonchev–Trinajstić information content (AvgIpc) is 3.76. The second-order valence-corrected chi connectivity index (χ2v) is 15.3. The summed E-state index contributed by atoms with van der Waals surface area (Å²) in [6, 6.07) is 8.25. The molecule has 0 radical (unpaired) electrons. The molecule has 1 fully saturated rings. The lowest BCUT2D eigenvalue weighted by Crippen LogP contribution is -2.30. The van der Waals surface area contributed by atoms with Crippen LogP contribution in [0.2, 0.25) is 10.0 Å². The molecule has 0 saturated heterocycles. The van der Waals surface area contributed by atoms with E-state index in [4.69, 9.17) is 23.2 Å². The molecule has 256 valence electrons. The highest BCUT2D eigenvalue weighted by atomic mass is 35.5. The van der Waals surface area contributed by atoms with Gasteiger partial charge >= 0.3 is 0 Å². The number of amides is 1. The summed E-state index contributed by atoms with van der Waals surface area (Å²) < 4.78 is 55.0. The number of carbonyl (C=O) groups is 1. The van der Waals surface area contributed by atoms with Gasteiger partial charge in [-0.1, -0.05) is 29.3 Å². The smallest absolute Gasteiger partial charge is 0.262 e. The Morgan fingerprint density at radius 2 is 1.84 bits per heavy atom. The molecule has 1 amide bonds. The topological polar surface area (TPSA) is 120 Å². The van der Waals surface area contributed by atoms with Crippen molar-refractivity contribution in [2.24, 2.45) is 0 Å². The third-order valence-corrected chi connectivity index (χ3v) is 11.6. The van der Waals surface area contributed by atoms with Gasteiger partial charge in [0.1, 0.15) is 5.82 Å². The standard InChI is InChI=1S/C34H32Cl2F2N6O4S/c1-4-7-34(8-9-34)49(47,48)44-19-27(36)30-24(31(45)40-18-25-26(35)14-21(2)41-32(25)46)15-23(16-28(30)44)22-5-6-29(39-17-22)43-12-10-42(11-13-43)20-33(3,37)38/h4-6,10-17,19H,1,7-9,18,20H2,2-3H3,(H,40,45)(H,41,46). The molecule has 2 N–H and O–H groups in total. The number of rotatable bonds is 11. The third-order valence-electron chi connectivity index (χ3n) is 8.48. The number of carbonyl (C=O) groups excluding carboxylic acids is 1. The molecule has 3 aromatic heterocycles. The lowest BCUT2D eigenvalue weighted by atomic mass is 10.0. The van der Waals surface area contributed by atoms with Gasteiger partial charge in [-0.25, -0.2) is 26.2 Å². The monoisotopic (exact) mass is 728 g/mol. The molecule has 4 aromatic rings. The molecule has 4 heterocycles. The fourth-order valence-corrected chi connectivity index (χ4v) is 8.50. The van der Waals surface area contributed by atoms with Gasteiger partial charge in [-0.2, -0.15) is 0 Å². The largest absolute Gasteiger partial charge is 0.348 e. The van der Waals surface area contributed by atoms with E-state index in [1.807, 2.05) is 0 Å². The maximum atomic E-state index is 14.0. The fourth-order valence-electron chi connectivity index (χ4n) is 5.82. The van der Waals surface area contributed by atoms with Crippen LogP contribution in [0, 0.1) is 6.92 Å². The van der Waals surface area contributed by atoms with Crippen molar-refractivity contribution in [3.8, 4) is 11.1 Å². The minimum Gasteiger partial charge on any atom is -0.348 e. The predicted octanol–water partition coefficient (Wildman–Crippen LogP) is 6.94. The van der Waals surface area contributed by atoms with E-state index in [0.717, 1.165) is 10.9 Å². The molecule has 1 saturated carbocycles. The number of anilines is 1. The van der Waals surface area contributed by atoms with Crippen molar-refractivity contribution in [1.29, 1.82) is 0 Å². The van der Waals surface area contributed by atoms with Gasteiger partial charge in [-0.05, 0) is 62.1 Å². The number of nitrogens with zero attached hydrogens (tertiary/aromatic N) is 4. The highest BCUT2D eigenvalue weighted by Crippen LogP contribution is 2.49. The number of allylic oxidation sites excluding steroid dienone is 1. The van der Waals surface area contributed by atoms with Crippen molar-refractivity contribution >= 4 is 55.9 Å². The summed E-state index contributed by atoms with van der Waals surface area (Å²) in [5.74, 6) is -2.98. The Bertz CT molecular complexity index is 2190. The minimum absolute atomic E-state index is 0.0583. The van der Waals surface area contributed by atoms with Crippen LogP contribution in [0.5, 0.6) is 0 Å². The highest BCUT2D eigenvalue weighted by Gasteiger charge is 2.54. The quantitative estimate of drug-likeness (QED) is 0.161. The molecule has 6 rings (SSSR count). The summed E-state index contributed by atoms with van der Waals surface area (Å²) in [5, 5.41) is 3.20. The van der Waals surface area contributed by atoms with Crippen molar-refractivity contribution in [2.45, 2.75) is 50.3 Å². The van der Waals surface area contributed by atoms with Crippen LogP contribution in [0.15, 0.2) is 85.0 Å². The van der Waals surface area contributed by atoms with Gasteiger partial charge in [0.25, 0.3) is 17.4 Å². The summed E-state index contributed by atoms with van der Waals surface area (Å²) in [6.07, 6.45) is 11.9. The van der Waals surface area contributed by atoms with Crippen molar-refractivity contribution < 1.29 is 22.0 Å². The first-order valence-corrected chi connectivity index (χ1v) is 17.4. The molecule has 0 spiro atoms. The molecule has 10 nitrogen and oxygen atoms in total. The number of aromatic nitrogens is 3. The Morgan fingerprint density at radius 1 is 1.12 bits per heavy atom. The first-order valence-electron chi connectivity index (χ1n) is 15.2. The molecular weight excluding hydrogens is 697 g/mol. The van der Waals surface area contributed by atoms with E-state index in [1.54, 1.807) is 66.8 Å². The summed E-state index contributed by atoms with van der Waals surface area (Å²) in [4.78, 5) is 36.6. The van der Waals surface area contributed by atoms with Crippen LogP contribution in [0.25, 0.3) is 22.0 Å². The van der Waals surface area contributed by atoms with Crippen LogP contribution in [0.3, 0.4) is 0 Å².